The molecule has 0 amide bonds. The van der Waals surface area contributed by atoms with E-state index >= 15 is 0 Å². The van der Waals surface area contributed by atoms with Crippen molar-refractivity contribution in [2.24, 2.45) is 0 Å². The van der Waals surface area contributed by atoms with Crippen molar-refractivity contribution in [1.29, 1.82) is 0 Å². The molecule has 0 radical (unpaired) electrons. The molecule has 0 fully saturated rings. The Balaban J connectivity index is -0.0000000300. The third-order valence-corrected chi connectivity index (χ3v) is 0. The summed E-state index contributed by atoms with van der Waals surface area (Å²) in [4.78, 5) is 17.0. The van der Waals surface area contributed by atoms with Crippen molar-refractivity contribution in [3.05, 3.63) is 0 Å². The SMILES string of the molecule is O=[Si]([O-])[O-].OB(O)O.[Na+].[Na+]. The van der Waals surface area contributed by atoms with Crippen molar-refractivity contribution < 1.29 is 88.2 Å². The Labute approximate surface area is 104 Å². The van der Waals surface area contributed by atoms with Crippen LogP contribution in [0.25, 0.3) is 0 Å². The van der Waals surface area contributed by atoms with Crippen LogP contribution in [0, 0.1) is 0 Å². The molecule has 0 unspecified atom stereocenters. The third-order valence-electron chi connectivity index (χ3n) is 0. The van der Waals surface area contributed by atoms with E-state index in [4.69, 9.17) is 29.1 Å². The Hall–Kier alpha value is 1.56. The van der Waals surface area contributed by atoms with Crippen LogP contribution in [0.15, 0.2) is 0 Å². The zero-order chi connectivity index (χ0) is 7.15. The summed E-state index contributed by atoms with van der Waals surface area (Å²) in [5, 5.41) is 21.5. The molecule has 0 saturated carbocycles. The fraction of sp³-hybridized carbons (Fsp3) is 0. The second kappa shape index (κ2) is 16.9. The summed E-state index contributed by atoms with van der Waals surface area (Å²) in [5.74, 6) is 0. The molecule has 0 bridgehead atoms. The van der Waals surface area contributed by atoms with Gasteiger partial charge in [-0.05, 0) is 0 Å². The first-order valence-electron chi connectivity index (χ1n) is 1.39. The molecule has 10 heteroatoms. The van der Waals surface area contributed by atoms with Gasteiger partial charge < -0.3 is 29.1 Å². The summed E-state index contributed by atoms with van der Waals surface area (Å²) in [7, 11) is -5.80. The Morgan fingerprint density at radius 2 is 1.10 bits per heavy atom. The van der Waals surface area contributed by atoms with Crippen LogP contribution >= 0.6 is 0 Å². The summed E-state index contributed by atoms with van der Waals surface area (Å²) < 4.78 is 8.52. The Morgan fingerprint density at radius 3 is 1.10 bits per heavy atom. The van der Waals surface area contributed by atoms with Crippen LogP contribution in [-0.4, -0.2) is 31.6 Å². The molecule has 0 heterocycles. The maximum atomic E-state index is 8.52. The van der Waals surface area contributed by atoms with E-state index in [9.17, 15) is 0 Å². The van der Waals surface area contributed by atoms with Crippen LogP contribution in [0.2, 0.25) is 0 Å². The van der Waals surface area contributed by atoms with Gasteiger partial charge >= 0.3 is 66.4 Å². The van der Waals surface area contributed by atoms with Crippen LogP contribution in [0.5, 0.6) is 0 Å². The van der Waals surface area contributed by atoms with Crippen LogP contribution in [0.3, 0.4) is 0 Å². The fourth-order valence-corrected chi connectivity index (χ4v) is 0. The van der Waals surface area contributed by atoms with E-state index in [2.05, 4.69) is 0 Å². The van der Waals surface area contributed by atoms with Gasteiger partial charge in [-0.2, -0.15) is 0 Å². The molecule has 0 aliphatic rings. The maximum absolute atomic E-state index is 8.52. The molecule has 0 aromatic heterocycles. The molecule has 0 aliphatic heterocycles. The molecule has 0 atom stereocenters. The molecule has 48 valence electrons. The van der Waals surface area contributed by atoms with Gasteiger partial charge in [-0.15, -0.1) is 0 Å². The van der Waals surface area contributed by atoms with Crippen LogP contribution in [0.4, 0.5) is 0 Å². The van der Waals surface area contributed by atoms with Gasteiger partial charge in [0.1, 0.15) is 0 Å². The topological polar surface area (TPSA) is 124 Å². The normalized spacial score (nSPS) is 5.10. The summed E-state index contributed by atoms with van der Waals surface area (Å²) >= 11 is 0. The maximum Gasteiger partial charge on any atom is 1.00 e. The minimum Gasteiger partial charge on any atom is -0.672 e. The van der Waals surface area contributed by atoms with Gasteiger partial charge in [0.15, 0.2) is 0 Å². The van der Waals surface area contributed by atoms with Gasteiger partial charge in [-0.25, -0.2) is 0 Å². The van der Waals surface area contributed by atoms with Crippen molar-refractivity contribution in [2.75, 3.05) is 0 Å². The Bertz CT molecular complexity index is 60.0. The zero-order valence-electron chi connectivity index (χ0n) is 5.64. The van der Waals surface area contributed by atoms with Gasteiger partial charge in [-0.3, -0.25) is 0 Å². The van der Waals surface area contributed by atoms with E-state index in [-0.39, 0.29) is 59.1 Å². The minimum atomic E-state index is -3.63. The van der Waals surface area contributed by atoms with Gasteiger partial charge in [0.2, 0.25) is 0 Å². The zero-order valence-corrected chi connectivity index (χ0v) is 10.6. The van der Waals surface area contributed by atoms with E-state index in [0.29, 0.717) is 0 Å². The van der Waals surface area contributed by atoms with Gasteiger partial charge in [0.05, 0.1) is 0 Å². The average molecular weight is 184 g/mol. The molecule has 0 aromatic rings. The van der Waals surface area contributed by atoms with E-state index in [1.165, 1.54) is 0 Å². The predicted molar refractivity (Wildman–Crippen MR) is 18.9 cm³/mol. The molecule has 0 aromatic carbocycles. The Kier molecular flexibility index (Phi) is 38.1. The van der Waals surface area contributed by atoms with Crippen molar-refractivity contribution in [1.82, 2.24) is 0 Å². The molecule has 0 spiro atoms. The van der Waals surface area contributed by atoms with E-state index in [1.54, 1.807) is 0 Å². The van der Waals surface area contributed by atoms with Crippen molar-refractivity contribution in [3.63, 3.8) is 0 Å². The summed E-state index contributed by atoms with van der Waals surface area (Å²) in [6, 6.07) is 0. The molecule has 0 saturated heterocycles. The quantitative estimate of drug-likeness (QED) is 0.321. The summed E-state index contributed by atoms with van der Waals surface area (Å²) in [6.45, 7) is 0. The van der Waals surface area contributed by atoms with E-state index < -0.39 is 16.5 Å². The average Bonchev–Trinajstić information content (AvgIpc) is 1.25. The number of hydrogen-bond acceptors (Lipinski definition) is 6. The van der Waals surface area contributed by atoms with Crippen molar-refractivity contribution in [3.8, 4) is 0 Å². The first-order valence-corrected chi connectivity index (χ1v) is 2.61. The van der Waals surface area contributed by atoms with Crippen LogP contribution < -0.4 is 68.7 Å². The van der Waals surface area contributed by atoms with Crippen molar-refractivity contribution >= 4 is 16.5 Å². The van der Waals surface area contributed by atoms with Crippen LogP contribution in [-0.2, 0) is 4.46 Å². The number of hydrogen-bond donors (Lipinski definition) is 3. The second-order valence-corrected chi connectivity index (χ2v) is 1.10. The molecule has 6 nitrogen and oxygen atoms in total. The molecule has 0 rings (SSSR count). The van der Waals surface area contributed by atoms with Gasteiger partial charge in [-0.1, -0.05) is 0 Å². The largest absolute Gasteiger partial charge is 1.00 e. The molecule has 3 N–H and O–H groups in total. The molecule has 10 heavy (non-hydrogen) atoms. The van der Waals surface area contributed by atoms with Gasteiger partial charge in [0, 0.05) is 9.17 Å². The Morgan fingerprint density at radius 1 is 1.10 bits per heavy atom. The molecule has 0 aliphatic carbocycles. The monoisotopic (exact) mass is 184 g/mol. The minimum absolute atomic E-state index is 0. The summed E-state index contributed by atoms with van der Waals surface area (Å²) in [6.07, 6.45) is 0. The van der Waals surface area contributed by atoms with E-state index in [1.807, 2.05) is 0 Å². The fourth-order valence-electron chi connectivity index (χ4n) is 0. The number of rotatable bonds is 0. The second-order valence-electron chi connectivity index (χ2n) is 0.596. The van der Waals surface area contributed by atoms with E-state index in [0.717, 1.165) is 0 Å². The predicted octanol–water partition coefficient (Wildman–Crippen LogP) is -10.9. The smallest absolute Gasteiger partial charge is 0.672 e. The van der Waals surface area contributed by atoms with Crippen LogP contribution in [0.1, 0.15) is 0 Å². The first-order chi connectivity index (χ1) is 3.46. The van der Waals surface area contributed by atoms with Gasteiger partial charge in [0.25, 0.3) is 0 Å². The summed E-state index contributed by atoms with van der Waals surface area (Å²) in [5.41, 5.74) is 0. The molecular weight excluding hydrogens is 181 g/mol. The third kappa shape index (κ3) is 287. The van der Waals surface area contributed by atoms with Crippen molar-refractivity contribution in [2.45, 2.75) is 0 Å². The first kappa shape index (κ1) is 22.6. The molecular formula is H3BNa2O6Si. The standard InChI is InChI=1S/BH3O3.2Na.O3Si/c2-1(3)4;;;1-4(2)3/h2-4H;;;/q;2*+1;-2.